The number of hydrogen-bond acceptors (Lipinski definition) is 5. The van der Waals surface area contributed by atoms with Gasteiger partial charge >= 0.3 is 11.9 Å². The Hall–Kier alpha value is -2.15. The van der Waals surface area contributed by atoms with E-state index in [9.17, 15) is 14.7 Å². The molecule has 6 nitrogen and oxygen atoms in total. The number of nitrogens with zero attached hydrogens (tertiary/aromatic N) is 2. The lowest BCUT2D eigenvalue weighted by atomic mass is 9.49. The zero-order chi connectivity index (χ0) is 25.3. The lowest BCUT2D eigenvalue weighted by Gasteiger charge is -2.57. The fourth-order valence-electron chi connectivity index (χ4n) is 7.89. The highest BCUT2D eigenvalue weighted by atomic mass is 32.1. The molecule has 196 valence electrons. The maximum Gasteiger partial charge on any atom is 0.311 e. The SMILES string of the molecule is CCCCc1ncc(C(OC(C)=O)C(Cc2cccs2)C(=O)O)n1CCC12CC3CC(CC(C3)C1)C2. The fraction of sp³-hybridized carbons (Fsp3) is 0.690. The van der Waals surface area contributed by atoms with Crippen LogP contribution in [0, 0.1) is 29.1 Å². The number of carbonyl (C=O) groups excluding carboxylic acids is 1. The molecule has 1 N–H and O–H groups in total. The molecule has 2 aromatic heterocycles. The number of aliphatic carboxylic acids is 1. The summed E-state index contributed by atoms with van der Waals surface area (Å²) in [5.41, 5.74) is 1.16. The second kappa shape index (κ2) is 10.7. The summed E-state index contributed by atoms with van der Waals surface area (Å²) in [6, 6.07) is 3.88. The highest BCUT2D eigenvalue weighted by molar-refractivity contribution is 7.09. The number of carboxylic acids is 1. The van der Waals surface area contributed by atoms with Crippen LogP contribution >= 0.6 is 11.3 Å². The van der Waals surface area contributed by atoms with Gasteiger partial charge in [-0.2, -0.15) is 0 Å². The lowest BCUT2D eigenvalue weighted by Crippen LogP contribution is -2.46. The van der Waals surface area contributed by atoms with Crippen molar-refractivity contribution in [3.05, 3.63) is 40.1 Å². The second-order valence-electron chi connectivity index (χ2n) is 11.8. The molecule has 4 fully saturated rings. The number of carboxylic acid groups (broad SMARTS) is 1. The molecule has 0 aromatic carbocycles. The van der Waals surface area contributed by atoms with Gasteiger partial charge in [-0.25, -0.2) is 4.98 Å². The Bertz CT molecular complexity index is 1020. The van der Waals surface area contributed by atoms with E-state index in [-0.39, 0.29) is 0 Å². The van der Waals surface area contributed by atoms with Crippen LogP contribution in [0.3, 0.4) is 0 Å². The normalized spacial score (nSPS) is 28.2. The predicted octanol–water partition coefficient (Wildman–Crippen LogP) is 6.44. The van der Waals surface area contributed by atoms with Crippen LogP contribution in [0.2, 0.25) is 0 Å². The van der Waals surface area contributed by atoms with Crippen molar-refractivity contribution in [3.8, 4) is 0 Å². The zero-order valence-corrected chi connectivity index (χ0v) is 22.5. The first-order chi connectivity index (χ1) is 17.4. The van der Waals surface area contributed by atoms with Crippen molar-refractivity contribution >= 4 is 23.3 Å². The molecule has 7 heteroatoms. The number of thiophene rings is 1. The van der Waals surface area contributed by atoms with Gasteiger partial charge in [0.25, 0.3) is 0 Å². The molecular weight excluding hydrogens is 472 g/mol. The van der Waals surface area contributed by atoms with E-state index in [0.717, 1.165) is 66.4 Å². The van der Waals surface area contributed by atoms with E-state index in [1.54, 1.807) is 6.20 Å². The molecule has 2 aromatic rings. The number of hydrogen-bond donors (Lipinski definition) is 1. The first-order valence-corrected chi connectivity index (χ1v) is 14.7. The molecule has 0 spiro atoms. The van der Waals surface area contributed by atoms with E-state index in [4.69, 9.17) is 9.72 Å². The first kappa shape index (κ1) is 25.5. The van der Waals surface area contributed by atoms with Gasteiger partial charge in [0.2, 0.25) is 0 Å². The van der Waals surface area contributed by atoms with Gasteiger partial charge in [-0.3, -0.25) is 9.59 Å². The Balaban J connectivity index is 1.44. The van der Waals surface area contributed by atoms with Crippen molar-refractivity contribution in [1.82, 2.24) is 9.55 Å². The lowest BCUT2D eigenvalue weighted by molar-refractivity contribution is -0.158. The minimum Gasteiger partial charge on any atom is -0.481 e. The molecule has 0 saturated heterocycles. The van der Waals surface area contributed by atoms with Crippen molar-refractivity contribution in [2.75, 3.05) is 0 Å². The predicted molar refractivity (Wildman–Crippen MR) is 140 cm³/mol. The van der Waals surface area contributed by atoms with Gasteiger partial charge in [0.05, 0.1) is 11.9 Å². The van der Waals surface area contributed by atoms with Crippen molar-refractivity contribution in [2.45, 2.75) is 97.1 Å². The van der Waals surface area contributed by atoms with Crippen molar-refractivity contribution in [2.24, 2.45) is 29.1 Å². The number of aromatic nitrogens is 2. The summed E-state index contributed by atoms with van der Waals surface area (Å²) < 4.78 is 8.02. The second-order valence-corrected chi connectivity index (χ2v) is 12.8. The third-order valence-electron chi connectivity index (χ3n) is 9.02. The molecule has 4 saturated carbocycles. The fourth-order valence-corrected chi connectivity index (χ4v) is 8.66. The van der Waals surface area contributed by atoms with Gasteiger partial charge in [0.1, 0.15) is 11.7 Å². The first-order valence-electron chi connectivity index (χ1n) is 13.8. The number of aryl methyl sites for hydroxylation is 1. The van der Waals surface area contributed by atoms with Gasteiger partial charge in [-0.15, -0.1) is 11.3 Å². The number of esters is 1. The van der Waals surface area contributed by atoms with Crippen LogP contribution < -0.4 is 0 Å². The molecule has 4 aliphatic rings. The zero-order valence-electron chi connectivity index (χ0n) is 21.7. The van der Waals surface area contributed by atoms with E-state index in [1.165, 1.54) is 56.8 Å². The summed E-state index contributed by atoms with van der Waals surface area (Å²) in [6.45, 7) is 4.36. The number of ether oxygens (including phenoxy) is 1. The summed E-state index contributed by atoms with van der Waals surface area (Å²) in [4.78, 5) is 30.4. The minimum absolute atomic E-state index is 0.329. The van der Waals surface area contributed by atoms with Crippen molar-refractivity contribution in [1.29, 1.82) is 0 Å². The quantitative estimate of drug-likeness (QED) is 0.331. The van der Waals surface area contributed by atoms with Gasteiger partial charge in [-0.05, 0) is 92.4 Å². The standard InChI is InChI=1S/C29H40N2O4S/c1-3-4-7-26-30-18-25(27(35-19(2)32)24(28(33)34)14-23-6-5-10-36-23)31(26)9-8-29-15-20-11-21(16-29)13-22(12-20)17-29/h5-6,10,18,20-22,24,27H,3-4,7-9,11-17H2,1-2H3,(H,33,34). The van der Waals surface area contributed by atoms with E-state index in [0.29, 0.717) is 11.8 Å². The van der Waals surface area contributed by atoms with Crippen LogP contribution in [0.25, 0.3) is 0 Å². The number of imidazole rings is 1. The van der Waals surface area contributed by atoms with E-state index in [1.807, 2.05) is 17.5 Å². The van der Waals surface area contributed by atoms with Gasteiger partial charge in [0, 0.05) is 24.8 Å². The highest BCUT2D eigenvalue weighted by Crippen LogP contribution is 2.61. The smallest absolute Gasteiger partial charge is 0.311 e. The van der Waals surface area contributed by atoms with Crippen LogP contribution in [-0.2, 0) is 33.7 Å². The molecule has 2 atom stereocenters. The average Bonchev–Trinajstić information content (AvgIpc) is 3.47. The van der Waals surface area contributed by atoms with E-state index >= 15 is 0 Å². The third-order valence-corrected chi connectivity index (χ3v) is 9.92. The van der Waals surface area contributed by atoms with Gasteiger partial charge in [0.15, 0.2) is 6.10 Å². The summed E-state index contributed by atoms with van der Waals surface area (Å²) in [5.74, 6) is 1.42. The Kier molecular flexibility index (Phi) is 7.57. The minimum atomic E-state index is -0.946. The van der Waals surface area contributed by atoms with Crippen LogP contribution in [0.4, 0.5) is 0 Å². The summed E-state index contributed by atoms with van der Waals surface area (Å²) in [5, 5.41) is 12.2. The van der Waals surface area contributed by atoms with Gasteiger partial charge < -0.3 is 14.4 Å². The van der Waals surface area contributed by atoms with Crippen LogP contribution in [0.1, 0.15) is 94.1 Å². The molecule has 4 bridgehead atoms. The average molecular weight is 513 g/mol. The Morgan fingerprint density at radius 3 is 2.47 bits per heavy atom. The molecule has 4 aliphatic carbocycles. The topological polar surface area (TPSA) is 81.4 Å². The molecule has 0 amide bonds. The number of carbonyl (C=O) groups is 2. The summed E-state index contributed by atoms with van der Waals surface area (Å²) in [6.07, 6.45) is 13.6. The molecule has 2 heterocycles. The van der Waals surface area contributed by atoms with E-state index in [2.05, 4.69) is 11.5 Å². The maximum atomic E-state index is 12.5. The largest absolute Gasteiger partial charge is 0.481 e. The summed E-state index contributed by atoms with van der Waals surface area (Å²) >= 11 is 1.54. The van der Waals surface area contributed by atoms with Crippen molar-refractivity contribution in [3.63, 3.8) is 0 Å². The molecule has 0 aliphatic heterocycles. The summed E-state index contributed by atoms with van der Waals surface area (Å²) in [7, 11) is 0. The molecular formula is C29H40N2O4S. The molecule has 36 heavy (non-hydrogen) atoms. The number of unbranched alkanes of at least 4 members (excludes halogenated alkanes) is 1. The van der Waals surface area contributed by atoms with Crippen LogP contribution in [0.5, 0.6) is 0 Å². The molecule has 6 rings (SSSR count). The monoisotopic (exact) mass is 512 g/mol. The molecule has 0 radical (unpaired) electrons. The Morgan fingerprint density at radius 1 is 1.22 bits per heavy atom. The Labute approximate surface area is 218 Å². The highest BCUT2D eigenvalue weighted by Gasteiger charge is 2.50. The number of rotatable bonds is 12. The maximum absolute atomic E-state index is 12.5. The van der Waals surface area contributed by atoms with Crippen LogP contribution in [-0.4, -0.2) is 26.6 Å². The van der Waals surface area contributed by atoms with Crippen molar-refractivity contribution < 1.29 is 19.4 Å². The Morgan fingerprint density at radius 2 is 1.92 bits per heavy atom. The third kappa shape index (κ3) is 5.41. The molecule has 2 unspecified atom stereocenters. The van der Waals surface area contributed by atoms with Gasteiger partial charge in [-0.1, -0.05) is 19.4 Å². The van der Waals surface area contributed by atoms with Crippen LogP contribution in [0.15, 0.2) is 23.7 Å². The van der Waals surface area contributed by atoms with E-state index < -0.39 is 24.0 Å².